The Morgan fingerprint density at radius 2 is 2.24 bits per heavy atom. The molecule has 1 aromatic heterocycles. The highest BCUT2D eigenvalue weighted by Crippen LogP contribution is 2.33. The van der Waals surface area contributed by atoms with Crippen LogP contribution in [0.4, 0.5) is 10.8 Å². The second kappa shape index (κ2) is 6.80. The molecule has 0 spiro atoms. The Balaban J connectivity index is 1.53. The first-order chi connectivity index (χ1) is 12.1. The summed E-state index contributed by atoms with van der Waals surface area (Å²) >= 11 is 3.21. The third-order valence-electron chi connectivity index (χ3n) is 4.51. The number of hydrogen-bond acceptors (Lipinski definition) is 5. The first-order valence-corrected chi connectivity index (χ1v) is 10.3. The van der Waals surface area contributed by atoms with Gasteiger partial charge in [-0.3, -0.25) is 14.9 Å². The summed E-state index contributed by atoms with van der Waals surface area (Å²) in [5.74, 6) is 1.24. The van der Waals surface area contributed by atoms with Crippen LogP contribution in [0.5, 0.6) is 0 Å². The Morgan fingerprint density at radius 1 is 1.36 bits per heavy atom. The number of rotatable bonds is 2. The van der Waals surface area contributed by atoms with E-state index < -0.39 is 0 Å². The molecule has 1 atom stereocenters. The maximum atomic E-state index is 12.6. The van der Waals surface area contributed by atoms with Crippen LogP contribution in [0.1, 0.15) is 40.7 Å². The molecule has 7 heteroatoms. The van der Waals surface area contributed by atoms with Crippen LogP contribution < -0.4 is 10.6 Å². The Kier molecular flexibility index (Phi) is 4.52. The van der Waals surface area contributed by atoms with Crippen LogP contribution in [0.3, 0.4) is 0 Å². The first-order valence-electron chi connectivity index (χ1n) is 8.45. The molecule has 0 radical (unpaired) electrons. The fourth-order valence-corrected chi connectivity index (χ4v) is 5.23. The van der Waals surface area contributed by atoms with Crippen LogP contribution >= 0.6 is 23.1 Å². The Bertz CT molecular complexity index is 847. The fraction of sp³-hybridized carbons (Fsp3) is 0.389. The van der Waals surface area contributed by atoms with E-state index >= 15 is 0 Å². The van der Waals surface area contributed by atoms with Crippen molar-refractivity contribution in [3.8, 4) is 0 Å². The number of thioether (sulfide) groups is 1. The van der Waals surface area contributed by atoms with Gasteiger partial charge in [0.1, 0.15) is 0 Å². The van der Waals surface area contributed by atoms with E-state index in [1.165, 1.54) is 4.88 Å². The number of carbonyl (C=O) groups is 2. The Morgan fingerprint density at radius 3 is 3.12 bits per heavy atom. The van der Waals surface area contributed by atoms with Gasteiger partial charge in [-0.25, -0.2) is 4.98 Å². The van der Waals surface area contributed by atoms with Gasteiger partial charge in [-0.2, -0.15) is 0 Å². The molecular weight excluding hydrogens is 354 g/mol. The van der Waals surface area contributed by atoms with E-state index in [0.29, 0.717) is 28.7 Å². The molecule has 1 aliphatic heterocycles. The van der Waals surface area contributed by atoms with Crippen molar-refractivity contribution in [2.75, 3.05) is 16.4 Å². The summed E-state index contributed by atoms with van der Waals surface area (Å²) < 4.78 is 0. The van der Waals surface area contributed by atoms with Gasteiger partial charge in [0.25, 0.3) is 5.91 Å². The summed E-state index contributed by atoms with van der Waals surface area (Å²) in [4.78, 5) is 31.2. The average molecular weight is 374 g/mol. The highest BCUT2D eigenvalue weighted by atomic mass is 32.2. The lowest BCUT2D eigenvalue weighted by Gasteiger charge is -2.15. The van der Waals surface area contributed by atoms with Crippen LogP contribution in [-0.4, -0.2) is 22.6 Å². The monoisotopic (exact) mass is 373 g/mol. The summed E-state index contributed by atoms with van der Waals surface area (Å²) in [6.45, 7) is 2.25. The number of benzene rings is 1. The molecule has 1 unspecified atom stereocenters. The molecule has 2 amide bonds. The van der Waals surface area contributed by atoms with Crippen molar-refractivity contribution < 1.29 is 9.59 Å². The Labute approximate surface area is 154 Å². The van der Waals surface area contributed by atoms with Gasteiger partial charge in [-0.15, -0.1) is 23.1 Å². The standard InChI is InChI=1S/C18H19N3O2S2/c1-10-2-4-12-15(8-10)25-18(20-12)21-17(23)11-3-5-14-13(9-11)19-16(22)6-7-24-14/h3,5,9-10H,2,4,6-8H2,1H3,(H,19,22)(H,20,21,23). The number of hydrogen-bond donors (Lipinski definition) is 2. The topological polar surface area (TPSA) is 71.1 Å². The third-order valence-corrected chi connectivity index (χ3v) is 6.62. The van der Waals surface area contributed by atoms with E-state index in [-0.39, 0.29) is 11.8 Å². The van der Waals surface area contributed by atoms with Crippen molar-refractivity contribution in [2.45, 2.75) is 37.5 Å². The van der Waals surface area contributed by atoms with Crippen LogP contribution in [-0.2, 0) is 17.6 Å². The van der Waals surface area contributed by atoms with Gasteiger partial charge < -0.3 is 5.32 Å². The predicted molar refractivity (Wildman–Crippen MR) is 102 cm³/mol. The first kappa shape index (κ1) is 16.6. The van der Waals surface area contributed by atoms with E-state index in [1.54, 1.807) is 35.2 Å². The fourth-order valence-electron chi connectivity index (χ4n) is 3.12. The second-order valence-corrected chi connectivity index (χ2v) is 8.77. The summed E-state index contributed by atoms with van der Waals surface area (Å²) in [7, 11) is 0. The summed E-state index contributed by atoms with van der Waals surface area (Å²) in [5.41, 5.74) is 2.37. The molecule has 4 rings (SSSR count). The van der Waals surface area contributed by atoms with Crippen molar-refractivity contribution in [3.05, 3.63) is 34.3 Å². The highest BCUT2D eigenvalue weighted by Gasteiger charge is 2.21. The van der Waals surface area contributed by atoms with E-state index in [2.05, 4.69) is 22.5 Å². The van der Waals surface area contributed by atoms with Gasteiger partial charge >= 0.3 is 0 Å². The number of nitrogens with one attached hydrogen (secondary N) is 2. The summed E-state index contributed by atoms with van der Waals surface area (Å²) in [6.07, 6.45) is 3.69. The van der Waals surface area contributed by atoms with Gasteiger partial charge in [0.05, 0.1) is 11.4 Å². The van der Waals surface area contributed by atoms with Crippen molar-refractivity contribution in [2.24, 2.45) is 5.92 Å². The number of anilines is 2. The molecule has 1 aromatic carbocycles. The molecule has 5 nitrogen and oxygen atoms in total. The minimum absolute atomic E-state index is 0.00877. The van der Waals surface area contributed by atoms with Gasteiger partial charge in [-0.05, 0) is 43.4 Å². The smallest absolute Gasteiger partial charge is 0.257 e. The molecule has 0 saturated carbocycles. The molecule has 2 aromatic rings. The quantitative estimate of drug-likeness (QED) is 0.836. The third kappa shape index (κ3) is 3.57. The largest absolute Gasteiger partial charge is 0.325 e. The van der Waals surface area contributed by atoms with Crippen LogP contribution in [0.25, 0.3) is 0 Å². The van der Waals surface area contributed by atoms with Crippen LogP contribution in [0.2, 0.25) is 0 Å². The highest BCUT2D eigenvalue weighted by molar-refractivity contribution is 7.99. The zero-order valence-corrected chi connectivity index (χ0v) is 15.6. The Hall–Kier alpha value is -1.86. The molecule has 130 valence electrons. The molecule has 2 heterocycles. The number of nitrogens with zero attached hydrogens (tertiary/aromatic N) is 1. The molecular formula is C18H19N3O2S2. The van der Waals surface area contributed by atoms with Gasteiger partial charge in [0.2, 0.25) is 5.91 Å². The summed E-state index contributed by atoms with van der Waals surface area (Å²) in [6, 6.07) is 5.44. The van der Waals surface area contributed by atoms with E-state index in [4.69, 9.17) is 0 Å². The number of aromatic nitrogens is 1. The van der Waals surface area contributed by atoms with Crippen LogP contribution in [0.15, 0.2) is 23.1 Å². The van der Waals surface area contributed by atoms with E-state index in [1.807, 2.05) is 6.07 Å². The minimum atomic E-state index is -0.189. The lowest BCUT2D eigenvalue weighted by atomic mass is 9.93. The molecule has 0 saturated heterocycles. The SMILES string of the molecule is CC1CCc2nc(NC(=O)c3ccc4c(c3)NC(=O)CCS4)sc2C1. The maximum Gasteiger partial charge on any atom is 0.257 e. The van der Waals surface area contributed by atoms with Crippen molar-refractivity contribution in [1.29, 1.82) is 0 Å². The predicted octanol–water partition coefficient (Wildman–Crippen LogP) is 3.95. The number of amides is 2. The van der Waals surface area contributed by atoms with Gasteiger partial charge in [0, 0.05) is 27.5 Å². The van der Waals surface area contributed by atoms with Crippen LogP contribution in [0, 0.1) is 5.92 Å². The lowest BCUT2D eigenvalue weighted by molar-refractivity contribution is -0.115. The molecule has 0 bridgehead atoms. The second-order valence-electron chi connectivity index (χ2n) is 6.55. The van der Waals surface area contributed by atoms with Crippen molar-refractivity contribution >= 4 is 45.7 Å². The number of carbonyl (C=O) groups excluding carboxylic acids is 2. The van der Waals surface area contributed by atoms with E-state index in [9.17, 15) is 9.59 Å². The van der Waals surface area contributed by atoms with E-state index in [0.717, 1.165) is 35.6 Å². The molecule has 25 heavy (non-hydrogen) atoms. The molecule has 2 N–H and O–H groups in total. The average Bonchev–Trinajstić information content (AvgIpc) is 2.86. The van der Waals surface area contributed by atoms with Gasteiger partial charge in [-0.1, -0.05) is 6.92 Å². The molecule has 0 fully saturated rings. The summed E-state index contributed by atoms with van der Waals surface area (Å²) in [5, 5.41) is 6.45. The van der Waals surface area contributed by atoms with Crippen molar-refractivity contribution in [3.63, 3.8) is 0 Å². The number of thiazole rings is 1. The number of fused-ring (bicyclic) bond motifs is 2. The van der Waals surface area contributed by atoms with Crippen molar-refractivity contribution in [1.82, 2.24) is 4.98 Å². The zero-order chi connectivity index (χ0) is 17.4. The zero-order valence-electron chi connectivity index (χ0n) is 13.9. The number of aryl methyl sites for hydroxylation is 1. The lowest BCUT2D eigenvalue weighted by Crippen LogP contribution is -2.14. The van der Waals surface area contributed by atoms with Gasteiger partial charge in [0.15, 0.2) is 5.13 Å². The maximum absolute atomic E-state index is 12.6. The molecule has 1 aliphatic carbocycles. The minimum Gasteiger partial charge on any atom is -0.325 e. The normalized spacial score (nSPS) is 19.4. The molecule has 2 aliphatic rings.